The summed E-state index contributed by atoms with van der Waals surface area (Å²) >= 11 is 0. The van der Waals surface area contributed by atoms with Crippen molar-refractivity contribution in [1.82, 2.24) is 18.8 Å². The van der Waals surface area contributed by atoms with Crippen LogP contribution in [0.3, 0.4) is 0 Å². The topological polar surface area (TPSA) is 87.2 Å². The third-order valence-corrected chi connectivity index (χ3v) is 8.64. The second-order valence-electron chi connectivity index (χ2n) is 11.6. The van der Waals surface area contributed by atoms with Gasteiger partial charge in [0.25, 0.3) is 0 Å². The highest BCUT2D eigenvalue weighted by atomic mass is 35.5. The lowest BCUT2D eigenvalue weighted by molar-refractivity contribution is -0.0388. The van der Waals surface area contributed by atoms with E-state index in [4.69, 9.17) is 23.7 Å². The summed E-state index contributed by atoms with van der Waals surface area (Å²) in [6.45, 7) is 9.71. The summed E-state index contributed by atoms with van der Waals surface area (Å²) in [6.07, 6.45) is 12.3. The van der Waals surface area contributed by atoms with E-state index in [9.17, 15) is 0 Å². The summed E-state index contributed by atoms with van der Waals surface area (Å²) in [7, 11) is 0. The zero-order valence-electron chi connectivity index (χ0n) is 26.6. The maximum Gasteiger partial charge on any atom is 0.137 e. The number of benzene rings is 1. The van der Waals surface area contributed by atoms with Gasteiger partial charge in [0.05, 0.1) is 62.4 Å². The first-order valence-electron chi connectivity index (χ1n) is 16.3. The number of rotatable bonds is 8. The molecule has 0 atom stereocenters. The van der Waals surface area contributed by atoms with Crippen molar-refractivity contribution in [2.45, 2.75) is 18.9 Å². The number of fused-ring (bicyclic) bond motifs is 2. The molecule has 47 heavy (non-hydrogen) atoms. The molecule has 4 aromatic heterocycles. The number of hydrogen-bond acceptors (Lipinski definition) is 9. The summed E-state index contributed by atoms with van der Waals surface area (Å²) in [4.78, 5) is 13.5. The number of hydrogen-bond donors (Lipinski definition) is 0. The Morgan fingerprint density at radius 1 is 0.681 bits per heavy atom. The molecule has 7 heterocycles. The van der Waals surface area contributed by atoms with E-state index < -0.39 is 0 Å². The van der Waals surface area contributed by atoms with Crippen LogP contribution in [0.5, 0.6) is 5.75 Å². The van der Waals surface area contributed by atoms with Gasteiger partial charge >= 0.3 is 0 Å². The van der Waals surface area contributed by atoms with Crippen LogP contribution in [0.4, 0.5) is 11.4 Å². The van der Waals surface area contributed by atoms with Crippen LogP contribution >= 0.6 is 12.4 Å². The number of halogens is 1. The van der Waals surface area contributed by atoms with Crippen LogP contribution < -0.4 is 14.5 Å². The zero-order valence-corrected chi connectivity index (χ0v) is 27.4. The molecule has 5 aromatic rings. The first kappa shape index (κ1) is 33.0. The van der Waals surface area contributed by atoms with Crippen molar-refractivity contribution in [2.75, 3.05) is 88.8 Å². The van der Waals surface area contributed by atoms with Crippen molar-refractivity contribution in [3.05, 3.63) is 79.5 Å². The van der Waals surface area contributed by atoms with Gasteiger partial charge in [-0.15, -0.1) is 12.4 Å². The summed E-state index contributed by atoms with van der Waals surface area (Å²) in [5.41, 5.74) is 6.55. The van der Waals surface area contributed by atoms with Gasteiger partial charge < -0.3 is 37.9 Å². The molecule has 0 saturated carbocycles. The number of pyridine rings is 2. The largest absolute Gasteiger partial charge is 0.491 e. The van der Waals surface area contributed by atoms with Gasteiger partial charge in [-0.05, 0) is 61.4 Å². The molecule has 3 saturated heterocycles. The van der Waals surface area contributed by atoms with Gasteiger partial charge in [0.2, 0.25) is 0 Å². The molecule has 0 radical (unpaired) electrons. The monoisotopic (exact) mass is 662 g/mol. The Balaban J connectivity index is 0.000000202. The molecular formula is C35H43ClN6O5. The fourth-order valence-electron chi connectivity index (χ4n) is 6.05. The van der Waals surface area contributed by atoms with E-state index in [1.807, 2.05) is 41.2 Å². The Hall–Kier alpha value is -3.87. The molecule has 0 amide bonds. The van der Waals surface area contributed by atoms with E-state index in [2.05, 4.69) is 66.9 Å². The third kappa shape index (κ3) is 8.35. The molecule has 1 aromatic carbocycles. The molecule has 0 bridgehead atoms. The quantitative estimate of drug-likeness (QED) is 0.213. The fourth-order valence-corrected chi connectivity index (χ4v) is 6.05. The molecule has 0 spiro atoms. The van der Waals surface area contributed by atoms with Crippen LogP contribution in [0.15, 0.2) is 79.5 Å². The Morgan fingerprint density at radius 2 is 1.32 bits per heavy atom. The van der Waals surface area contributed by atoms with Crippen molar-refractivity contribution < 1.29 is 23.7 Å². The van der Waals surface area contributed by atoms with Gasteiger partial charge in [0.1, 0.15) is 23.7 Å². The molecule has 11 nitrogen and oxygen atoms in total. The highest BCUT2D eigenvalue weighted by molar-refractivity contribution is 5.85. The van der Waals surface area contributed by atoms with Gasteiger partial charge in [-0.2, -0.15) is 0 Å². The van der Waals surface area contributed by atoms with Gasteiger partial charge in [-0.1, -0.05) is 0 Å². The minimum Gasteiger partial charge on any atom is -0.491 e. The van der Waals surface area contributed by atoms with E-state index in [1.165, 1.54) is 11.4 Å². The summed E-state index contributed by atoms with van der Waals surface area (Å²) in [5, 5.41) is 0. The summed E-state index contributed by atoms with van der Waals surface area (Å²) in [6, 6.07) is 16.6. The average molecular weight is 663 g/mol. The molecule has 250 valence electrons. The molecule has 0 aliphatic carbocycles. The molecule has 0 unspecified atom stereocenters. The first-order valence-corrected chi connectivity index (χ1v) is 16.3. The third-order valence-electron chi connectivity index (χ3n) is 8.64. The zero-order chi connectivity index (χ0) is 31.0. The van der Waals surface area contributed by atoms with Crippen molar-refractivity contribution in [1.29, 1.82) is 0 Å². The van der Waals surface area contributed by atoms with Gasteiger partial charge in [-0.3, -0.25) is 4.40 Å². The number of anilines is 2. The van der Waals surface area contributed by atoms with Crippen LogP contribution in [0.2, 0.25) is 0 Å². The van der Waals surface area contributed by atoms with Crippen molar-refractivity contribution in [3.8, 4) is 17.0 Å². The minimum absolute atomic E-state index is 0. The molecule has 0 N–H and O–H groups in total. The van der Waals surface area contributed by atoms with Crippen molar-refractivity contribution >= 4 is 35.1 Å². The van der Waals surface area contributed by atoms with Crippen LogP contribution in [0.25, 0.3) is 22.6 Å². The van der Waals surface area contributed by atoms with E-state index in [0.29, 0.717) is 19.3 Å². The van der Waals surface area contributed by atoms with E-state index in [-0.39, 0.29) is 12.4 Å². The SMILES string of the molecule is Cl.c1cc(-c2cnc3ccc(N4CCOCC4)cn23)ccc1OCCOC1CCOCC1.c1cn2cc(N3CCOCC3)ccc2n1. The summed E-state index contributed by atoms with van der Waals surface area (Å²) in [5.74, 6) is 0.849. The van der Waals surface area contributed by atoms with E-state index >= 15 is 0 Å². The Labute approximate surface area is 281 Å². The smallest absolute Gasteiger partial charge is 0.137 e. The maximum absolute atomic E-state index is 5.87. The second-order valence-corrected chi connectivity index (χ2v) is 11.6. The fraction of sp³-hybridized carbons (Fsp3) is 0.429. The number of morpholine rings is 2. The van der Waals surface area contributed by atoms with Crippen LogP contribution in [-0.4, -0.2) is 104 Å². The van der Waals surface area contributed by atoms with Gasteiger partial charge in [0.15, 0.2) is 0 Å². The van der Waals surface area contributed by atoms with Crippen LogP contribution in [-0.2, 0) is 18.9 Å². The number of aromatic nitrogens is 4. The lowest BCUT2D eigenvalue weighted by Crippen LogP contribution is -2.36. The average Bonchev–Trinajstić information content (AvgIpc) is 3.79. The normalized spacial score (nSPS) is 17.3. The van der Waals surface area contributed by atoms with Gasteiger partial charge in [0, 0.05) is 69.7 Å². The predicted octanol–water partition coefficient (Wildman–Crippen LogP) is 5.01. The van der Waals surface area contributed by atoms with Crippen LogP contribution in [0.1, 0.15) is 12.8 Å². The maximum atomic E-state index is 5.87. The summed E-state index contributed by atoms with van der Waals surface area (Å²) < 4.78 is 32.1. The molecular weight excluding hydrogens is 620 g/mol. The standard InChI is InChI=1S/C24H29N3O4.C11H13N3O.ClH/c1-4-21(30-15-16-31-22-7-11-28-12-8-22)5-2-19(1)23-17-25-24-6-3-20(18-27(23)24)26-9-13-29-14-10-26;1-2-11-12-3-4-14(11)9-10(1)13-5-7-15-8-6-13;/h1-6,17-18,22H,7-16H2;1-4,9H,5-8H2;1H. The van der Waals surface area contributed by atoms with Crippen LogP contribution in [0, 0.1) is 0 Å². The second kappa shape index (κ2) is 16.3. The minimum atomic E-state index is 0. The molecule has 8 rings (SSSR count). The molecule has 3 aliphatic rings. The first-order chi connectivity index (χ1) is 22.8. The Kier molecular flexibility index (Phi) is 11.5. The van der Waals surface area contributed by atoms with Crippen molar-refractivity contribution in [2.24, 2.45) is 0 Å². The highest BCUT2D eigenvalue weighted by Crippen LogP contribution is 2.26. The molecule has 3 aliphatic heterocycles. The number of ether oxygens (including phenoxy) is 5. The van der Waals surface area contributed by atoms with E-state index in [1.54, 1.807) is 0 Å². The van der Waals surface area contributed by atoms with E-state index in [0.717, 1.165) is 107 Å². The number of imidazole rings is 2. The molecule has 3 fully saturated rings. The van der Waals surface area contributed by atoms with Gasteiger partial charge in [-0.25, -0.2) is 9.97 Å². The molecule has 12 heteroatoms. The predicted molar refractivity (Wildman–Crippen MR) is 184 cm³/mol. The lowest BCUT2D eigenvalue weighted by atomic mass is 10.1. The number of nitrogens with zero attached hydrogens (tertiary/aromatic N) is 6. The Bertz CT molecular complexity index is 1680. The highest BCUT2D eigenvalue weighted by Gasteiger charge is 2.15. The van der Waals surface area contributed by atoms with Crippen molar-refractivity contribution in [3.63, 3.8) is 0 Å². The lowest BCUT2D eigenvalue weighted by Gasteiger charge is -2.28. The Morgan fingerprint density at radius 3 is 2.02 bits per heavy atom.